The lowest BCUT2D eigenvalue weighted by Gasteiger charge is -2.15. The summed E-state index contributed by atoms with van der Waals surface area (Å²) in [5.41, 5.74) is -0.154. The van der Waals surface area contributed by atoms with Crippen LogP contribution in [-0.4, -0.2) is 17.2 Å². The van der Waals surface area contributed by atoms with E-state index in [1.54, 1.807) is 6.92 Å². The molecule has 0 saturated carbocycles. The molecule has 3 nitrogen and oxygen atoms in total. The molecule has 1 aromatic rings. The Kier molecular flexibility index (Phi) is 4.49. The van der Waals surface area contributed by atoms with E-state index in [2.05, 4.69) is 0 Å². The third kappa shape index (κ3) is 4.06. The van der Waals surface area contributed by atoms with Gasteiger partial charge in [-0.05, 0) is 31.4 Å². The maximum absolute atomic E-state index is 13.4. The van der Waals surface area contributed by atoms with Gasteiger partial charge >= 0.3 is 5.97 Å². The number of hydrogen-bond acceptors (Lipinski definition) is 3. The molecular formula is C13H17FO3. The molecule has 0 bridgehead atoms. The Morgan fingerprint density at radius 2 is 2.06 bits per heavy atom. The lowest BCUT2D eigenvalue weighted by atomic mass is 10.1. The number of carbonyl (C=O) groups excluding carboxylic acids is 1. The van der Waals surface area contributed by atoms with E-state index in [1.165, 1.54) is 12.1 Å². The minimum atomic E-state index is -0.772. The van der Waals surface area contributed by atoms with E-state index in [1.807, 2.05) is 13.8 Å². The first-order valence-electron chi connectivity index (χ1n) is 5.59. The SMILES string of the molecule is CC(C)CC(C)OC(=O)c1ccc(O)cc1F. The maximum atomic E-state index is 13.4. The summed E-state index contributed by atoms with van der Waals surface area (Å²) >= 11 is 0. The van der Waals surface area contributed by atoms with Crippen LogP contribution >= 0.6 is 0 Å². The number of esters is 1. The van der Waals surface area contributed by atoms with Crippen molar-refractivity contribution in [2.75, 3.05) is 0 Å². The van der Waals surface area contributed by atoms with Crippen LogP contribution in [0.5, 0.6) is 5.75 Å². The molecule has 1 atom stereocenters. The molecule has 94 valence electrons. The monoisotopic (exact) mass is 240 g/mol. The lowest BCUT2D eigenvalue weighted by Crippen LogP contribution is -2.17. The van der Waals surface area contributed by atoms with Crippen molar-refractivity contribution in [3.8, 4) is 5.75 Å². The van der Waals surface area contributed by atoms with Gasteiger partial charge in [0.15, 0.2) is 0 Å². The topological polar surface area (TPSA) is 46.5 Å². The highest BCUT2D eigenvalue weighted by molar-refractivity contribution is 5.89. The molecule has 17 heavy (non-hydrogen) atoms. The van der Waals surface area contributed by atoms with Crippen molar-refractivity contribution in [3.63, 3.8) is 0 Å². The molecule has 0 aliphatic rings. The average Bonchev–Trinajstić information content (AvgIpc) is 2.15. The third-order valence-electron chi connectivity index (χ3n) is 2.28. The molecular weight excluding hydrogens is 223 g/mol. The van der Waals surface area contributed by atoms with E-state index in [0.717, 1.165) is 12.5 Å². The summed E-state index contributed by atoms with van der Waals surface area (Å²) in [6.45, 7) is 5.81. The summed E-state index contributed by atoms with van der Waals surface area (Å²) in [5.74, 6) is -1.28. The van der Waals surface area contributed by atoms with Gasteiger partial charge in [-0.2, -0.15) is 0 Å². The largest absolute Gasteiger partial charge is 0.508 e. The molecule has 0 saturated heterocycles. The molecule has 0 radical (unpaired) electrons. The number of phenolic OH excluding ortho intramolecular Hbond substituents is 1. The zero-order valence-electron chi connectivity index (χ0n) is 10.2. The first-order valence-corrected chi connectivity index (χ1v) is 5.59. The van der Waals surface area contributed by atoms with Gasteiger partial charge in [0.25, 0.3) is 0 Å². The quantitative estimate of drug-likeness (QED) is 0.822. The second-order valence-corrected chi connectivity index (χ2v) is 4.51. The zero-order valence-corrected chi connectivity index (χ0v) is 10.2. The molecule has 0 amide bonds. The van der Waals surface area contributed by atoms with Crippen LogP contribution in [0.4, 0.5) is 4.39 Å². The number of ether oxygens (including phenoxy) is 1. The number of phenols is 1. The van der Waals surface area contributed by atoms with Gasteiger partial charge in [-0.25, -0.2) is 9.18 Å². The van der Waals surface area contributed by atoms with Crippen LogP contribution in [0, 0.1) is 11.7 Å². The predicted octanol–water partition coefficient (Wildman–Crippen LogP) is 3.12. The van der Waals surface area contributed by atoms with Gasteiger partial charge in [-0.3, -0.25) is 0 Å². The Morgan fingerprint density at radius 3 is 2.59 bits per heavy atom. The van der Waals surface area contributed by atoms with E-state index >= 15 is 0 Å². The highest BCUT2D eigenvalue weighted by Gasteiger charge is 2.17. The van der Waals surface area contributed by atoms with Crippen molar-refractivity contribution in [3.05, 3.63) is 29.6 Å². The smallest absolute Gasteiger partial charge is 0.341 e. The molecule has 1 aromatic carbocycles. The summed E-state index contributed by atoms with van der Waals surface area (Å²) < 4.78 is 18.5. The highest BCUT2D eigenvalue weighted by atomic mass is 19.1. The summed E-state index contributed by atoms with van der Waals surface area (Å²) in [7, 11) is 0. The van der Waals surface area contributed by atoms with Crippen LogP contribution in [0.25, 0.3) is 0 Å². The van der Waals surface area contributed by atoms with Crippen LogP contribution < -0.4 is 0 Å². The molecule has 0 aliphatic carbocycles. The molecule has 0 fully saturated rings. The highest BCUT2D eigenvalue weighted by Crippen LogP contribution is 2.17. The Balaban J connectivity index is 2.70. The molecule has 0 aromatic heterocycles. The molecule has 0 spiro atoms. The lowest BCUT2D eigenvalue weighted by molar-refractivity contribution is 0.0294. The minimum Gasteiger partial charge on any atom is -0.508 e. The van der Waals surface area contributed by atoms with E-state index in [0.29, 0.717) is 5.92 Å². The van der Waals surface area contributed by atoms with Crippen molar-refractivity contribution < 1.29 is 19.0 Å². The van der Waals surface area contributed by atoms with Crippen LogP contribution in [0.3, 0.4) is 0 Å². The molecule has 0 heterocycles. The first-order chi connectivity index (χ1) is 7.90. The van der Waals surface area contributed by atoms with Crippen LogP contribution in [0.2, 0.25) is 0 Å². The van der Waals surface area contributed by atoms with Gasteiger partial charge in [-0.15, -0.1) is 0 Å². The standard InChI is InChI=1S/C13H17FO3/c1-8(2)6-9(3)17-13(16)11-5-4-10(15)7-12(11)14/h4-5,7-9,15H,6H2,1-3H3. The summed E-state index contributed by atoms with van der Waals surface area (Å²) in [6.07, 6.45) is 0.474. The molecule has 1 rings (SSSR count). The molecule has 0 aliphatic heterocycles. The number of rotatable bonds is 4. The second-order valence-electron chi connectivity index (χ2n) is 4.51. The van der Waals surface area contributed by atoms with Gasteiger partial charge < -0.3 is 9.84 Å². The summed E-state index contributed by atoms with van der Waals surface area (Å²) in [4.78, 5) is 11.6. The number of carbonyl (C=O) groups is 1. The average molecular weight is 240 g/mol. The van der Waals surface area contributed by atoms with Gasteiger partial charge in [0, 0.05) is 6.07 Å². The molecule has 1 N–H and O–H groups in total. The maximum Gasteiger partial charge on any atom is 0.341 e. The third-order valence-corrected chi connectivity index (χ3v) is 2.28. The Labute approximate surface area is 100 Å². The van der Waals surface area contributed by atoms with Crippen LogP contribution in [0.1, 0.15) is 37.6 Å². The zero-order chi connectivity index (χ0) is 13.0. The molecule has 4 heteroatoms. The van der Waals surface area contributed by atoms with E-state index in [9.17, 15) is 9.18 Å². The Bertz CT molecular complexity index is 402. The van der Waals surface area contributed by atoms with Crippen molar-refractivity contribution >= 4 is 5.97 Å². The number of hydrogen-bond donors (Lipinski definition) is 1. The number of benzene rings is 1. The van der Waals surface area contributed by atoms with Gasteiger partial charge in [0.1, 0.15) is 11.6 Å². The van der Waals surface area contributed by atoms with E-state index < -0.39 is 11.8 Å². The van der Waals surface area contributed by atoms with E-state index in [-0.39, 0.29) is 17.4 Å². The van der Waals surface area contributed by atoms with Crippen molar-refractivity contribution in [2.24, 2.45) is 5.92 Å². The van der Waals surface area contributed by atoms with Crippen molar-refractivity contribution in [1.82, 2.24) is 0 Å². The van der Waals surface area contributed by atoms with Crippen molar-refractivity contribution in [1.29, 1.82) is 0 Å². The normalized spacial score (nSPS) is 12.5. The predicted molar refractivity (Wildman–Crippen MR) is 62.4 cm³/mol. The van der Waals surface area contributed by atoms with Gasteiger partial charge in [0.2, 0.25) is 0 Å². The fourth-order valence-corrected chi connectivity index (χ4v) is 1.63. The number of halogens is 1. The Morgan fingerprint density at radius 1 is 1.41 bits per heavy atom. The van der Waals surface area contributed by atoms with Crippen LogP contribution in [-0.2, 0) is 4.74 Å². The second kappa shape index (κ2) is 5.66. The van der Waals surface area contributed by atoms with E-state index in [4.69, 9.17) is 9.84 Å². The fraction of sp³-hybridized carbons (Fsp3) is 0.462. The first kappa shape index (κ1) is 13.5. The molecule has 1 unspecified atom stereocenters. The summed E-state index contributed by atoms with van der Waals surface area (Å²) in [5, 5.41) is 9.03. The fourth-order valence-electron chi connectivity index (χ4n) is 1.63. The minimum absolute atomic E-state index is 0.154. The van der Waals surface area contributed by atoms with Gasteiger partial charge in [-0.1, -0.05) is 13.8 Å². The van der Waals surface area contributed by atoms with Crippen molar-refractivity contribution in [2.45, 2.75) is 33.3 Å². The number of aromatic hydroxyl groups is 1. The van der Waals surface area contributed by atoms with Gasteiger partial charge in [0.05, 0.1) is 11.7 Å². The van der Waals surface area contributed by atoms with Crippen LogP contribution in [0.15, 0.2) is 18.2 Å². The summed E-state index contributed by atoms with van der Waals surface area (Å²) in [6, 6.07) is 3.37. The Hall–Kier alpha value is -1.58.